The lowest BCUT2D eigenvalue weighted by molar-refractivity contribution is 0.228. The lowest BCUT2D eigenvalue weighted by Crippen LogP contribution is -2.46. The summed E-state index contributed by atoms with van der Waals surface area (Å²) in [7, 11) is 0. The number of rotatable bonds is 3. The van der Waals surface area contributed by atoms with Crippen LogP contribution in [0.3, 0.4) is 0 Å². The third-order valence-electron chi connectivity index (χ3n) is 5.61. The van der Waals surface area contributed by atoms with Crippen molar-refractivity contribution < 1.29 is 4.79 Å². The normalized spacial score (nSPS) is 24.9. The lowest BCUT2D eigenvalue weighted by Gasteiger charge is -2.36. The zero-order chi connectivity index (χ0) is 17.3. The van der Waals surface area contributed by atoms with Crippen molar-refractivity contribution in [3.05, 3.63) is 47.5 Å². The summed E-state index contributed by atoms with van der Waals surface area (Å²) in [5, 5.41) is 10.4. The molecule has 2 amide bonds. The fourth-order valence-corrected chi connectivity index (χ4v) is 4.23. The highest BCUT2D eigenvalue weighted by Crippen LogP contribution is 2.36. The van der Waals surface area contributed by atoms with Crippen LogP contribution in [0.1, 0.15) is 55.6 Å². The molecule has 0 radical (unpaired) electrons. The Kier molecular flexibility index (Phi) is 4.19. The highest BCUT2D eigenvalue weighted by atomic mass is 16.2. The van der Waals surface area contributed by atoms with E-state index in [-0.39, 0.29) is 17.5 Å². The van der Waals surface area contributed by atoms with Gasteiger partial charge in [0, 0.05) is 18.5 Å². The van der Waals surface area contributed by atoms with E-state index in [1.807, 2.05) is 4.68 Å². The molecule has 132 valence electrons. The summed E-state index contributed by atoms with van der Waals surface area (Å²) in [4.78, 5) is 16.8. The molecule has 2 aromatic rings. The van der Waals surface area contributed by atoms with Crippen molar-refractivity contribution in [3.8, 4) is 0 Å². The van der Waals surface area contributed by atoms with E-state index in [0.717, 1.165) is 38.1 Å². The van der Waals surface area contributed by atoms with Gasteiger partial charge < -0.3 is 10.6 Å². The number of hydrogen-bond acceptors (Lipinski definition) is 3. The van der Waals surface area contributed by atoms with Crippen LogP contribution in [0.4, 0.5) is 4.79 Å². The van der Waals surface area contributed by atoms with E-state index in [1.54, 1.807) is 6.33 Å². The van der Waals surface area contributed by atoms with E-state index in [9.17, 15) is 4.79 Å². The van der Waals surface area contributed by atoms with Crippen LogP contribution in [0, 0.1) is 0 Å². The Morgan fingerprint density at radius 3 is 3.16 bits per heavy atom. The molecule has 6 nitrogen and oxygen atoms in total. The number of benzene rings is 1. The second kappa shape index (κ2) is 6.50. The molecule has 2 N–H and O–H groups in total. The van der Waals surface area contributed by atoms with E-state index >= 15 is 0 Å². The topological polar surface area (TPSA) is 71.8 Å². The number of aromatic nitrogens is 3. The molecule has 0 fully saturated rings. The SMILES string of the molecule is C[C@]1(CNC(=O)N[C@H]2CCCn3ncnc32)CCCc2ccccc21. The van der Waals surface area contributed by atoms with Crippen molar-refractivity contribution in [1.29, 1.82) is 0 Å². The van der Waals surface area contributed by atoms with Crippen LogP contribution in [0.5, 0.6) is 0 Å². The van der Waals surface area contributed by atoms with E-state index in [4.69, 9.17) is 0 Å². The highest BCUT2D eigenvalue weighted by Gasteiger charge is 2.32. The monoisotopic (exact) mass is 339 g/mol. The van der Waals surface area contributed by atoms with Crippen LogP contribution >= 0.6 is 0 Å². The number of carbonyl (C=O) groups is 1. The highest BCUT2D eigenvalue weighted by molar-refractivity contribution is 5.74. The molecule has 4 rings (SSSR count). The number of carbonyl (C=O) groups excluding carboxylic acids is 1. The number of urea groups is 1. The maximum Gasteiger partial charge on any atom is 0.315 e. The Morgan fingerprint density at radius 2 is 2.24 bits per heavy atom. The predicted octanol–water partition coefficient (Wildman–Crippen LogP) is 2.71. The second-order valence-electron chi connectivity index (χ2n) is 7.43. The smallest absolute Gasteiger partial charge is 0.315 e. The second-order valence-corrected chi connectivity index (χ2v) is 7.43. The maximum absolute atomic E-state index is 12.5. The Labute approximate surface area is 148 Å². The molecule has 1 aromatic heterocycles. The third kappa shape index (κ3) is 3.13. The Hall–Kier alpha value is -2.37. The summed E-state index contributed by atoms with van der Waals surface area (Å²) in [6, 6.07) is 8.44. The fourth-order valence-electron chi connectivity index (χ4n) is 4.23. The molecule has 1 aromatic carbocycles. The van der Waals surface area contributed by atoms with Gasteiger partial charge in [-0.05, 0) is 43.2 Å². The summed E-state index contributed by atoms with van der Waals surface area (Å²) in [6.07, 6.45) is 6.88. The van der Waals surface area contributed by atoms with E-state index in [2.05, 4.69) is 51.9 Å². The van der Waals surface area contributed by atoms with Crippen molar-refractivity contribution in [2.75, 3.05) is 6.54 Å². The minimum Gasteiger partial charge on any atom is -0.337 e. The number of nitrogens with one attached hydrogen (secondary N) is 2. The van der Waals surface area contributed by atoms with Gasteiger partial charge in [0.15, 0.2) is 0 Å². The van der Waals surface area contributed by atoms with Crippen LogP contribution in [-0.4, -0.2) is 27.3 Å². The maximum atomic E-state index is 12.5. The fraction of sp³-hybridized carbons (Fsp3) is 0.526. The number of nitrogens with zero attached hydrogens (tertiary/aromatic N) is 3. The minimum atomic E-state index is -0.120. The quantitative estimate of drug-likeness (QED) is 0.903. The van der Waals surface area contributed by atoms with Crippen molar-refractivity contribution >= 4 is 6.03 Å². The van der Waals surface area contributed by atoms with Gasteiger partial charge in [-0.3, -0.25) is 0 Å². The number of aryl methyl sites for hydroxylation is 2. The molecule has 0 spiro atoms. The lowest BCUT2D eigenvalue weighted by atomic mass is 9.71. The van der Waals surface area contributed by atoms with Crippen molar-refractivity contribution in [1.82, 2.24) is 25.4 Å². The first-order valence-electron chi connectivity index (χ1n) is 9.16. The van der Waals surface area contributed by atoms with Gasteiger partial charge in [-0.15, -0.1) is 0 Å². The van der Waals surface area contributed by atoms with Gasteiger partial charge >= 0.3 is 6.03 Å². The van der Waals surface area contributed by atoms with Gasteiger partial charge in [-0.1, -0.05) is 31.2 Å². The molecule has 1 aliphatic carbocycles. The first kappa shape index (κ1) is 16.1. The summed E-state index contributed by atoms with van der Waals surface area (Å²) < 4.78 is 1.88. The van der Waals surface area contributed by atoms with Gasteiger partial charge in [0.1, 0.15) is 12.2 Å². The van der Waals surface area contributed by atoms with Gasteiger partial charge in [-0.2, -0.15) is 5.10 Å². The molecular weight excluding hydrogens is 314 g/mol. The standard InChI is InChI=1S/C19H25N5O/c1-19(10-4-7-14-6-2-3-8-15(14)19)12-20-18(25)23-16-9-5-11-24-17(16)21-13-22-24/h2-3,6,8,13,16H,4-5,7,9-12H2,1H3,(H2,20,23,25)/t16-,19+/m0/s1. The van der Waals surface area contributed by atoms with Crippen LogP contribution in [0.15, 0.2) is 30.6 Å². The molecule has 0 unspecified atom stereocenters. The van der Waals surface area contributed by atoms with Crippen molar-refractivity contribution in [2.45, 2.75) is 57.0 Å². The van der Waals surface area contributed by atoms with Crippen molar-refractivity contribution in [3.63, 3.8) is 0 Å². The number of hydrogen-bond donors (Lipinski definition) is 2. The average molecular weight is 339 g/mol. The number of amides is 2. The van der Waals surface area contributed by atoms with Gasteiger partial charge in [0.25, 0.3) is 0 Å². The minimum absolute atomic E-state index is 0.00122. The molecule has 2 atom stereocenters. The third-order valence-corrected chi connectivity index (χ3v) is 5.61. The van der Waals surface area contributed by atoms with Crippen molar-refractivity contribution in [2.24, 2.45) is 0 Å². The molecule has 1 aliphatic heterocycles. The van der Waals surface area contributed by atoms with Crippen LogP contribution in [-0.2, 0) is 18.4 Å². The van der Waals surface area contributed by atoms with Crippen LogP contribution in [0.2, 0.25) is 0 Å². The molecule has 0 saturated heterocycles. The molecule has 6 heteroatoms. The summed E-state index contributed by atoms with van der Waals surface area (Å²) in [5.41, 5.74) is 2.79. The molecular formula is C19H25N5O. The Morgan fingerprint density at radius 1 is 1.36 bits per heavy atom. The van der Waals surface area contributed by atoms with Crippen LogP contribution < -0.4 is 10.6 Å². The number of fused-ring (bicyclic) bond motifs is 2. The summed E-state index contributed by atoms with van der Waals surface area (Å²) in [6.45, 7) is 3.78. The first-order chi connectivity index (χ1) is 12.2. The van der Waals surface area contributed by atoms with Crippen LogP contribution in [0.25, 0.3) is 0 Å². The van der Waals surface area contributed by atoms with Gasteiger partial charge in [0.05, 0.1) is 6.04 Å². The first-order valence-corrected chi connectivity index (χ1v) is 9.16. The molecule has 25 heavy (non-hydrogen) atoms. The summed E-state index contributed by atoms with van der Waals surface area (Å²) >= 11 is 0. The zero-order valence-electron chi connectivity index (χ0n) is 14.7. The largest absolute Gasteiger partial charge is 0.337 e. The zero-order valence-corrected chi connectivity index (χ0v) is 14.7. The van der Waals surface area contributed by atoms with E-state index in [1.165, 1.54) is 17.5 Å². The van der Waals surface area contributed by atoms with E-state index < -0.39 is 0 Å². The predicted molar refractivity (Wildman–Crippen MR) is 95.3 cm³/mol. The molecule has 0 saturated carbocycles. The van der Waals surface area contributed by atoms with E-state index in [0.29, 0.717) is 6.54 Å². The molecule has 2 aliphatic rings. The Bertz CT molecular complexity index is 771. The Balaban J connectivity index is 1.40. The molecule has 0 bridgehead atoms. The van der Waals surface area contributed by atoms with Gasteiger partial charge in [-0.25, -0.2) is 14.5 Å². The molecule has 2 heterocycles. The summed E-state index contributed by atoms with van der Waals surface area (Å²) in [5.74, 6) is 0.857. The van der Waals surface area contributed by atoms with Gasteiger partial charge in [0.2, 0.25) is 0 Å². The average Bonchev–Trinajstić information content (AvgIpc) is 3.11.